The minimum atomic E-state index is -0.316. The average Bonchev–Trinajstić information content (AvgIpc) is 2.28. The van der Waals surface area contributed by atoms with E-state index >= 15 is 0 Å². The molecule has 0 atom stereocenters. The van der Waals surface area contributed by atoms with Gasteiger partial charge < -0.3 is 11.1 Å². The van der Waals surface area contributed by atoms with Crippen molar-refractivity contribution < 1.29 is 4.39 Å². The van der Waals surface area contributed by atoms with Gasteiger partial charge in [0.1, 0.15) is 28.3 Å². The summed E-state index contributed by atoms with van der Waals surface area (Å²) in [5.41, 5.74) is 6.31. The summed E-state index contributed by atoms with van der Waals surface area (Å²) in [6.07, 6.45) is 1.35. The van der Waals surface area contributed by atoms with E-state index in [1.165, 1.54) is 18.5 Å². The smallest absolute Gasteiger partial charge is 0.150 e. The Morgan fingerprint density at radius 2 is 2.00 bits per heavy atom. The normalized spacial score (nSPS) is 10.3. The van der Waals surface area contributed by atoms with E-state index < -0.39 is 0 Å². The molecule has 0 saturated carbocycles. The monoisotopic (exact) mass is 360 g/mol. The van der Waals surface area contributed by atoms with Crippen molar-refractivity contribution in [1.82, 2.24) is 9.97 Å². The van der Waals surface area contributed by atoms with Crippen molar-refractivity contribution in [3.63, 3.8) is 0 Å². The molecule has 0 saturated heterocycles. The highest BCUT2D eigenvalue weighted by Crippen LogP contribution is 2.30. The van der Waals surface area contributed by atoms with Crippen LogP contribution in [0.2, 0.25) is 0 Å². The Hall–Kier alpha value is -1.21. The molecule has 4 nitrogen and oxygen atoms in total. The van der Waals surface area contributed by atoms with E-state index in [9.17, 15) is 4.39 Å². The molecule has 0 aliphatic carbocycles. The third-order valence-electron chi connectivity index (χ3n) is 2.00. The Labute approximate surface area is 114 Å². The number of nitrogens with two attached hydrogens (primary N) is 1. The molecule has 1 aromatic carbocycles. The molecule has 0 fully saturated rings. The van der Waals surface area contributed by atoms with Crippen LogP contribution in [0.4, 0.5) is 21.7 Å². The number of aromatic nitrogens is 2. The van der Waals surface area contributed by atoms with Gasteiger partial charge in [0.2, 0.25) is 0 Å². The van der Waals surface area contributed by atoms with Gasteiger partial charge in [0.15, 0.2) is 0 Å². The number of nitrogen functional groups attached to an aromatic ring is 1. The SMILES string of the molecule is Nc1ncnc(Nc2ccc(F)cc2Br)c1Br. The molecule has 7 heteroatoms. The second-order valence-corrected chi connectivity index (χ2v) is 4.82. The van der Waals surface area contributed by atoms with Crippen molar-refractivity contribution in [2.45, 2.75) is 0 Å². The maximum absolute atomic E-state index is 12.9. The standard InChI is InChI=1S/C10H7Br2FN4/c11-6-3-5(13)1-2-7(6)17-10-8(12)9(14)15-4-16-10/h1-4H,(H3,14,15,16,17). The van der Waals surface area contributed by atoms with Gasteiger partial charge in [-0.2, -0.15) is 0 Å². The summed E-state index contributed by atoms with van der Waals surface area (Å²) in [7, 11) is 0. The molecule has 88 valence electrons. The van der Waals surface area contributed by atoms with Crippen LogP contribution in [0.1, 0.15) is 0 Å². The highest BCUT2D eigenvalue weighted by Gasteiger charge is 2.08. The molecule has 1 aromatic heterocycles. The minimum Gasteiger partial charge on any atom is -0.383 e. The molecule has 17 heavy (non-hydrogen) atoms. The van der Waals surface area contributed by atoms with Gasteiger partial charge >= 0.3 is 0 Å². The zero-order valence-electron chi connectivity index (χ0n) is 8.42. The number of halogens is 3. The van der Waals surface area contributed by atoms with E-state index in [-0.39, 0.29) is 5.82 Å². The first-order chi connectivity index (χ1) is 8.08. The zero-order chi connectivity index (χ0) is 12.4. The summed E-state index contributed by atoms with van der Waals surface area (Å²) in [6, 6.07) is 4.32. The summed E-state index contributed by atoms with van der Waals surface area (Å²) >= 11 is 6.53. The van der Waals surface area contributed by atoms with Crippen LogP contribution in [-0.2, 0) is 0 Å². The average molecular weight is 362 g/mol. The van der Waals surface area contributed by atoms with Crippen molar-refractivity contribution in [1.29, 1.82) is 0 Å². The first-order valence-electron chi connectivity index (χ1n) is 4.56. The van der Waals surface area contributed by atoms with Crippen LogP contribution in [0.25, 0.3) is 0 Å². The zero-order valence-corrected chi connectivity index (χ0v) is 11.6. The van der Waals surface area contributed by atoms with Gasteiger partial charge in [0.25, 0.3) is 0 Å². The quantitative estimate of drug-likeness (QED) is 0.859. The van der Waals surface area contributed by atoms with Gasteiger partial charge in [-0.25, -0.2) is 14.4 Å². The van der Waals surface area contributed by atoms with Crippen molar-refractivity contribution in [3.8, 4) is 0 Å². The number of rotatable bonds is 2. The van der Waals surface area contributed by atoms with E-state index in [0.717, 1.165) is 0 Å². The molecule has 0 spiro atoms. The number of nitrogens with one attached hydrogen (secondary N) is 1. The summed E-state index contributed by atoms with van der Waals surface area (Å²) in [5, 5.41) is 3.02. The molecule has 0 amide bonds. The molecule has 0 radical (unpaired) electrons. The fourth-order valence-corrected chi connectivity index (χ4v) is 1.94. The third kappa shape index (κ3) is 2.73. The summed E-state index contributed by atoms with van der Waals surface area (Å²) < 4.78 is 14.1. The number of anilines is 3. The topological polar surface area (TPSA) is 63.8 Å². The lowest BCUT2D eigenvalue weighted by Crippen LogP contribution is -2.00. The molecule has 2 aromatic rings. The van der Waals surface area contributed by atoms with Crippen LogP contribution in [0.5, 0.6) is 0 Å². The highest BCUT2D eigenvalue weighted by molar-refractivity contribution is 9.11. The first kappa shape index (κ1) is 12.3. The lowest BCUT2D eigenvalue weighted by atomic mass is 10.3. The molecule has 0 unspecified atom stereocenters. The van der Waals surface area contributed by atoms with Gasteiger partial charge in [-0.3, -0.25) is 0 Å². The van der Waals surface area contributed by atoms with Gasteiger partial charge in [0, 0.05) is 4.47 Å². The van der Waals surface area contributed by atoms with Crippen LogP contribution < -0.4 is 11.1 Å². The summed E-state index contributed by atoms with van der Waals surface area (Å²) in [5.74, 6) is 0.536. The lowest BCUT2D eigenvalue weighted by molar-refractivity contribution is 0.627. The summed E-state index contributed by atoms with van der Waals surface area (Å²) in [6.45, 7) is 0. The molecule has 0 aliphatic heterocycles. The van der Waals surface area contributed by atoms with Gasteiger partial charge in [-0.1, -0.05) is 0 Å². The van der Waals surface area contributed by atoms with Crippen molar-refractivity contribution >= 4 is 49.2 Å². The van der Waals surface area contributed by atoms with E-state index in [0.29, 0.717) is 26.3 Å². The predicted octanol–water partition coefficient (Wildman–Crippen LogP) is 3.47. The molecule has 0 bridgehead atoms. The Morgan fingerprint density at radius 3 is 2.71 bits per heavy atom. The second-order valence-electron chi connectivity index (χ2n) is 3.17. The number of hydrogen-bond acceptors (Lipinski definition) is 4. The third-order valence-corrected chi connectivity index (χ3v) is 3.44. The van der Waals surface area contributed by atoms with Crippen LogP contribution in [0.3, 0.4) is 0 Å². The number of nitrogens with zero attached hydrogens (tertiary/aromatic N) is 2. The van der Waals surface area contributed by atoms with E-state index in [1.54, 1.807) is 6.07 Å². The fraction of sp³-hybridized carbons (Fsp3) is 0. The van der Waals surface area contributed by atoms with Crippen molar-refractivity contribution in [2.75, 3.05) is 11.1 Å². The van der Waals surface area contributed by atoms with Crippen molar-refractivity contribution in [3.05, 3.63) is 39.3 Å². The van der Waals surface area contributed by atoms with Crippen LogP contribution in [-0.4, -0.2) is 9.97 Å². The van der Waals surface area contributed by atoms with Gasteiger partial charge in [0.05, 0.1) is 5.69 Å². The Balaban J connectivity index is 2.35. The molecule has 2 rings (SSSR count). The minimum absolute atomic E-state index is 0.316. The molecule has 0 aliphatic rings. The maximum Gasteiger partial charge on any atom is 0.150 e. The molecular formula is C10H7Br2FN4. The van der Waals surface area contributed by atoms with Crippen LogP contribution in [0, 0.1) is 5.82 Å². The fourth-order valence-electron chi connectivity index (χ4n) is 1.19. The number of benzene rings is 1. The first-order valence-corrected chi connectivity index (χ1v) is 6.14. The highest BCUT2D eigenvalue weighted by atomic mass is 79.9. The van der Waals surface area contributed by atoms with Gasteiger partial charge in [-0.05, 0) is 50.1 Å². The van der Waals surface area contributed by atoms with E-state index in [1.807, 2.05) is 0 Å². The van der Waals surface area contributed by atoms with Gasteiger partial charge in [-0.15, -0.1) is 0 Å². The Morgan fingerprint density at radius 1 is 1.24 bits per heavy atom. The van der Waals surface area contributed by atoms with Crippen LogP contribution in [0.15, 0.2) is 33.5 Å². The maximum atomic E-state index is 12.9. The summed E-state index contributed by atoms with van der Waals surface area (Å²) in [4.78, 5) is 7.86. The van der Waals surface area contributed by atoms with E-state index in [2.05, 4.69) is 47.1 Å². The van der Waals surface area contributed by atoms with Crippen molar-refractivity contribution in [2.24, 2.45) is 0 Å². The van der Waals surface area contributed by atoms with E-state index in [4.69, 9.17) is 5.73 Å². The second kappa shape index (κ2) is 4.97. The molecule has 3 N–H and O–H groups in total. The Bertz CT molecular complexity index is 562. The molecule has 1 heterocycles. The van der Waals surface area contributed by atoms with Crippen LogP contribution >= 0.6 is 31.9 Å². The number of hydrogen-bond donors (Lipinski definition) is 2. The lowest BCUT2D eigenvalue weighted by Gasteiger charge is -2.09. The predicted molar refractivity (Wildman–Crippen MR) is 71.5 cm³/mol. The largest absolute Gasteiger partial charge is 0.383 e. The Kier molecular flexibility index (Phi) is 3.58. The molecular weight excluding hydrogens is 355 g/mol.